The molecular weight excluding hydrogens is 1140 g/mol. The number of hydrogen-bond donors (Lipinski definition) is 8. The Labute approximate surface area is 526 Å². The minimum absolute atomic E-state index is 0.158. The van der Waals surface area contributed by atoms with Crippen molar-refractivity contribution in [2.24, 2.45) is 10.8 Å². The summed E-state index contributed by atoms with van der Waals surface area (Å²) < 4.78 is 83.2. The van der Waals surface area contributed by atoms with Crippen LogP contribution in [-0.2, 0) is 18.9 Å². The molecule has 0 unspecified atom stereocenters. The van der Waals surface area contributed by atoms with Crippen molar-refractivity contribution in [1.82, 2.24) is 10.6 Å². The number of rotatable bonds is 42. The maximum atomic E-state index is 12.6. The van der Waals surface area contributed by atoms with Gasteiger partial charge in [-0.25, -0.2) is 0 Å². The lowest BCUT2D eigenvalue weighted by Crippen LogP contribution is -2.42. The highest BCUT2D eigenvalue weighted by molar-refractivity contribution is 8.24. The molecule has 0 aliphatic carbocycles. The van der Waals surface area contributed by atoms with Crippen LogP contribution in [0.5, 0.6) is 11.5 Å². The molecule has 18 heteroatoms. The second-order valence-corrected chi connectivity index (χ2v) is 28.8. The molecule has 2 aliphatic rings. The summed E-state index contributed by atoms with van der Waals surface area (Å²) in [6.07, 6.45) is 12.1. The Kier molecular flexibility index (Phi) is 30.8. The Balaban J connectivity index is 0.795. The van der Waals surface area contributed by atoms with Crippen molar-refractivity contribution in [3.05, 3.63) is 107 Å². The van der Waals surface area contributed by atoms with Crippen LogP contribution in [0.15, 0.2) is 94.7 Å². The number of anilines is 2. The number of ether oxygens (including phenoxy) is 6. The first-order valence-electron chi connectivity index (χ1n) is 32.6. The fourth-order valence-corrected chi connectivity index (χ4v) is 17.3. The van der Waals surface area contributed by atoms with Crippen LogP contribution in [0.25, 0.3) is 0 Å². The number of hydrogen-bond acceptors (Lipinski definition) is 16. The van der Waals surface area contributed by atoms with Crippen LogP contribution < -0.4 is 29.9 Å². The summed E-state index contributed by atoms with van der Waals surface area (Å²) in [6, 6.07) is 27.4. The van der Waals surface area contributed by atoms with Gasteiger partial charge in [-0.1, -0.05) is 110 Å². The summed E-state index contributed by atoms with van der Waals surface area (Å²) >= 11 is 0. The number of aliphatic hydroxyl groups is 2. The number of benzene rings is 4. The molecule has 0 spiro atoms. The first-order chi connectivity index (χ1) is 42.0. The first-order valence-corrected chi connectivity index (χ1v) is 36.1. The van der Waals surface area contributed by atoms with Crippen LogP contribution in [0.4, 0.5) is 11.4 Å². The fourth-order valence-electron chi connectivity index (χ4n) is 12.7. The van der Waals surface area contributed by atoms with Gasteiger partial charge in [0.05, 0.1) is 86.4 Å². The monoisotopic (exact) mass is 1250 g/mol. The van der Waals surface area contributed by atoms with Crippen LogP contribution >= 0.6 is 21.2 Å². The molecule has 0 amide bonds. The van der Waals surface area contributed by atoms with E-state index >= 15 is 0 Å². The lowest BCUT2D eigenvalue weighted by molar-refractivity contribution is 0.0118. The molecule has 2 heterocycles. The van der Waals surface area contributed by atoms with Crippen molar-refractivity contribution in [2.45, 2.75) is 158 Å². The molecule has 0 saturated carbocycles. The SMILES string of the molecule is CCCCC1(CCCC)CS(O)(O)c2ccc(N(C)C)cc2[C@H](c2cccc(OCCOCCOCCNCCCCCNCCOCCOCCOc3cccc([C@H]4c5cc(N(C)C)ccc5S(O)(O)CC(CCCC)(CCCC)[C@H]4O)c3)c2)[C@@H]1O. The van der Waals surface area contributed by atoms with Crippen molar-refractivity contribution in [1.29, 1.82) is 0 Å². The van der Waals surface area contributed by atoms with E-state index in [4.69, 9.17) is 28.4 Å². The van der Waals surface area contributed by atoms with Gasteiger partial charge in [-0.15, -0.1) is 0 Å². The predicted molar refractivity (Wildman–Crippen MR) is 359 cm³/mol. The highest BCUT2D eigenvalue weighted by atomic mass is 32.3. The lowest BCUT2D eigenvalue weighted by Gasteiger charge is -2.44. The molecule has 492 valence electrons. The van der Waals surface area contributed by atoms with Crippen LogP contribution in [0.2, 0.25) is 0 Å². The summed E-state index contributed by atoms with van der Waals surface area (Å²) in [6.45, 7) is 16.7. The third-order valence-corrected chi connectivity index (χ3v) is 21.7. The highest BCUT2D eigenvalue weighted by Crippen LogP contribution is 2.64. The Morgan fingerprint density at radius 2 is 0.793 bits per heavy atom. The van der Waals surface area contributed by atoms with Gasteiger partial charge >= 0.3 is 0 Å². The molecular formula is C69H112N4O12S2. The minimum Gasteiger partial charge on any atom is -0.491 e. The minimum atomic E-state index is -3.19. The fraction of sp³-hybridized carbons (Fsp3) is 0.652. The van der Waals surface area contributed by atoms with E-state index in [0.29, 0.717) is 87.4 Å². The molecule has 0 aromatic heterocycles. The molecule has 6 rings (SSSR count). The Hall–Kier alpha value is -3.70. The standard InChI is InChI=1S/C69H112N4O12S2/c1-9-13-30-68(31-14-10-2)52-86(76,77)62-28-26-56(72(5)6)50-60(62)64(66(68)74)54-22-20-24-58(48-54)84-46-44-82-42-40-80-38-36-70-34-18-17-19-35-71-37-39-81-41-43-83-45-47-85-59-25-21-23-55(49-59)65-61-51-57(73(7)8)27-29-63(61)87(78,79)53-69(67(65)75,32-15-11-3)33-16-12-4/h20-29,48-51,64-67,70-71,74-79H,9-19,30-47,52-53H2,1-8H3/t64-,65-,66-,67-/m0/s1. The van der Waals surface area contributed by atoms with Crippen LogP contribution in [0.1, 0.15) is 158 Å². The van der Waals surface area contributed by atoms with Crippen molar-refractivity contribution in [3.63, 3.8) is 0 Å². The lowest BCUT2D eigenvalue weighted by atomic mass is 9.68. The zero-order valence-corrected chi connectivity index (χ0v) is 55.8. The van der Waals surface area contributed by atoms with E-state index in [2.05, 4.69) is 38.3 Å². The van der Waals surface area contributed by atoms with E-state index in [9.17, 15) is 28.4 Å². The molecule has 0 saturated heterocycles. The summed E-state index contributed by atoms with van der Waals surface area (Å²) in [5, 5.41) is 32.2. The summed E-state index contributed by atoms with van der Waals surface area (Å²) in [5.41, 5.74) is 3.89. The van der Waals surface area contributed by atoms with Gasteiger partial charge in [-0.2, -0.15) is 21.2 Å². The first kappa shape index (κ1) is 72.4. The molecule has 8 N–H and O–H groups in total. The maximum absolute atomic E-state index is 12.6. The normalized spacial score (nSPS) is 19.9. The van der Waals surface area contributed by atoms with Crippen LogP contribution in [0.3, 0.4) is 0 Å². The van der Waals surface area contributed by atoms with Gasteiger partial charge < -0.3 is 59.1 Å². The maximum Gasteiger partial charge on any atom is 0.119 e. The Morgan fingerprint density at radius 3 is 1.15 bits per heavy atom. The van der Waals surface area contributed by atoms with Crippen molar-refractivity contribution in [2.75, 3.05) is 142 Å². The molecule has 4 aromatic carbocycles. The van der Waals surface area contributed by atoms with Gasteiger partial charge in [-0.3, -0.25) is 18.2 Å². The Bertz CT molecular complexity index is 2400. The quantitative estimate of drug-likeness (QED) is 0.0194. The van der Waals surface area contributed by atoms with Gasteiger partial charge in [0.15, 0.2) is 0 Å². The number of nitrogens with zero attached hydrogens (tertiary/aromatic N) is 2. The van der Waals surface area contributed by atoms with Gasteiger partial charge in [0, 0.05) is 75.3 Å². The number of fused-ring (bicyclic) bond motifs is 2. The molecule has 4 aromatic rings. The second kappa shape index (κ2) is 37.0. The van der Waals surface area contributed by atoms with Gasteiger partial charge in [0.2, 0.25) is 0 Å². The largest absolute Gasteiger partial charge is 0.491 e. The van der Waals surface area contributed by atoms with Crippen molar-refractivity contribution < 1.29 is 56.8 Å². The number of aliphatic hydroxyl groups excluding tert-OH is 2. The van der Waals surface area contributed by atoms with E-state index in [1.165, 1.54) is 0 Å². The van der Waals surface area contributed by atoms with E-state index < -0.39 is 56.1 Å². The molecule has 0 fully saturated rings. The summed E-state index contributed by atoms with van der Waals surface area (Å²) in [4.78, 5) is 5.08. The average Bonchev–Trinajstić information content (AvgIpc) is 1.69. The zero-order chi connectivity index (χ0) is 62.7. The van der Waals surface area contributed by atoms with E-state index in [1.807, 2.05) is 123 Å². The summed E-state index contributed by atoms with van der Waals surface area (Å²) in [7, 11) is 1.51. The molecule has 0 radical (unpaired) electrons. The van der Waals surface area contributed by atoms with Crippen LogP contribution in [-0.4, -0.2) is 173 Å². The van der Waals surface area contributed by atoms with Gasteiger partial charge in [0.25, 0.3) is 0 Å². The summed E-state index contributed by atoms with van der Waals surface area (Å²) in [5.74, 6) is 0.741. The predicted octanol–water partition coefficient (Wildman–Crippen LogP) is 13.7. The molecule has 0 bridgehead atoms. The molecule has 2 aliphatic heterocycles. The highest BCUT2D eigenvalue weighted by Gasteiger charge is 2.51. The molecule has 16 nitrogen and oxygen atoms in total. The van der Waals surface area contributed by atoms with E-state index in [-0.39, 0.29) is 11.5 Å². The van der Waals surface area contributed by atoms with E-state index in [0.717, 1.165) is 156 Å². The van der Waals surface area contributed by atoms with Crippen LogP contribution in [0, 0.1) is 10.8 Å². The third-order valence-electron chi connectivity index (χ3n) is 17.6. The second-order valence-electron chi connectivity index (χ2n) is 24.7. The van der Waals surface area contributed by atoms with Gasteiger partial charge in [0.1, 0.15) is 24.7 Å². The van der Waals surface area contributed by atoms with Gasteiger partial charge in [-0.05, 0) is 135 Å². The van der Waals surface area contributed by atoms with Crippen molar-refractivity contribution in [3.8, 4) is 11.5 Å². The van der Waals surface area contributed by atoms with E-state index in [1.54, 1.807) is 0 Å². The Morgan fingerprint density at radius 1 is 0.437 bits per heavy atom. The third kappa shape index (κ3) is 21.2. The zero-order valence-electron chi connectivity index (χ0n) is 54.2. The topological polar surface area (TPSA) is 207 Å². The number of nitrogens with one attached hydrogen (secondary N) is 2. The van der Waals surface area contributed by atoms with Crippen molar-refractivity contribution >= 4 is 32.6 Å². The number of unbranched alkanes of at least 4 members (excludes halogenated alkanes) is 6. The molecule has 4 atom stereocenters. The average molecular weight is 1250 g/mol. The molecule has 87 heavy (non-hydrogen) atoms. The smallest absolute Gasteiger partial charge is 0.119 e.